The minimum Gasteiger partial charge on any atom is -0.309 e. The molecule has 1 aromatic rings. The van der Waals surface area contributed by atoms with Crippen LogP contribution in [0.15, 0.2) is 30.3 Å². The van der Waals surface area contributed by atoms with Crippen LogP contribution >= 0.6 is 0 Å². The Labute approximate surface area is 124 Å². The maximum Gasteiger partial charge on any atom is 0.142 e. The molecule has 0 heterocycles. The number of aryl methyl sites for hydroxylation is 1. The molecule has 0 aliphatic carbocycles. The van der Waals surface area contributed by atoms with E-state index >= 15 is 0 Å². The second-order valence-electron chi connectivity index (χ2n) is 6.95. The average Bonchev–Trinajstić information content (AvgIpc) is 2.36. The van der Waals surface area contributed by atoms with Crippen LogP contribution in [0.4, 0.5) is 0 Å². The van der Waals surface area contributed by atoms with E-state index in [-0.39, 0.29) is 11.3 Å². The zero-order valence-corrected chi connectivity index (χ0v) is 13.6. The Morgan fingerprint density at radius 2 is 1.75 bits per heavy atom. The summed E-state index contributed by atoms with van der Waals surface area (Å²) >= 11 is 0. The largest absolute Gasteiger partial charge is 0.309 e. The molecule has 0 aliphatic rings. The second-order valence-corrected chi connectivity index (χ2v) is 6.95. The summed E-state index contributed by atoms with van der Waals surface area (Å²) in [6.45, 7) is 6.92. The summed E-state index contributed by atoms with van der Waals surface area (Å²) in [7, 11) is 4.08. The van der Waals surface area contributed by atoms with Gasteiger partial charge in [-0.15, -0.1) is 0 Å². The zero-order valence-electron chi connectivity index (χ0n) is 13.6. The molecular weight excluding hydrogens is 246 g/mol. The summed E-state index contributed by atoms with van der Waals surface area (Å²) in [5.74, 6) is 0.535. The maximum absolute atomic E-state index is 12.5. The Hall–Kier alpha value is -1.15. The first-order valence-electron chi connectivity index (χ1n) is 7.53. The van der Waals surface area contributed by atoms with Gasteiger partial charge in [-0.25, -0.2) is 0 Å². The molecule has 1 unspecified atom stereocenters. The van der Waals surface area contributed by atoms with E-state index in [2.05, 4.69) is 29.2 Å². The fraction of sp³-hybridized carbons (Fsp3) is 0.611. The van der Waals surface area contributed by atoms with E-state index in [4.69, 9.17) is 0 Å². The second kappa shape index (κ2) is 7.58. The van der Waals surface area contributed by atoms with Crippen LogP contribution in [0.2, 0.25) is 0 Å². The van der Waals surface area contributed by atoms with Crippen molar-refractivity contribution in [1.82, 2.24) is 4.90 Å². The molecule has 0 aliphatic heterocycles. The molecule has 1 aromatic carbocycles. The van der Waals surface area contributed by atoms with E-state index in [9.17, 15) is 4.79 Å². The van der Waals surface area contributed by atoms with E-state index in [0.29, 0.717) is 5.78 Å². The van der Waals surface area contributed by atoms with Crippen molar-refractivity contribution in [2.45, 2.75) is 40.0 Å². The van der Waals surface area contributed by atoms with Gasteiger partial charge in [0.1, 0.15) is 5.78 Å². The molecule has 0 aromatic heterocycles. The number of nitrogens with zero attached hydrogens (tertiary/aromatic N) is 1. The van der Waals surface area contributed by atoms with Gasteiger partial charge in [0.25, 0.3) is 0 Å². The van der Waals surface area contributed by atoms with E-state index in [1.807, 2.05) is 40.9 Å². The van der Waals surface area contributed by atoms with Gasteiger partial charge >= 0.3 is 0 Å². The third-order valence-electron chi connectivity index (χ3n) is 3.56. The van der Waals surface area contributed by atoms with Gasteiger partial charge < -0.3 is 4.90 Å². The molecule has 112 valence electrons. The Morgan fingerprint density at radius 3 is 2.25 bits per heavy atom. The number of hydrogen-bond donors (Lipinski definition) is 0. The van der Waals surface area contributed by atoms with Crippen LogP contribution in [0.5, 0.6) is 0 Å². The lowest BCUT2D eigenvalue weighted by Crippen LogP contribution is -2.35. The van der Waals surface area contributed by atoms with Crippen molar-refractivity contribution >= 4 is 5.78 Å². The normalized spacial score (nSPS) is 13.5. The summed E-state index contributed by atoms with van der Waals surface area (Å²) in [5, 5.41) is 0. The molecule has 0 saturated heterocycles. The minimum atomic E-state index is -0.243. The van der Waals surface area contributed by atoms with Crippen LogP contribution in [-0.4, -0.2) is 31.3 Å². The molecule has 0 radical (unpaired) electrons. The molecule has 0 fully saturated rings. The number of carbonyl (C=O) groups is 1. The Bertz CT molecular complexity index is 403. The predicted octanol–water partition coefficient (Wildman–Crippen LogP) is 3.80. The molecule has 1 atom stereocenters. The average molecular weight is 275 g/mol. The quantitative estimate of drug-likeness (QED) is 0.754. The van der Waals surface area contributed by atoms with E-state index in [1.54, 1.807) is 0 Å². The predicted molar refractivity (Wildman–Crippen MR) is 85.9 cm³/mol. The number of Topliss-reactive ketones (excluding diaryl/α,β-unsaturated/α-hetero) is 1. The van der Waals surface area contributed by atoms with Crippen LogP contribution in [0.25, 0.3) is 0 Å². The molecule has 0 amide bonds. The monoisotopic (exact) mass is 275 g/mol. The maximum atomic E-state index is 12.5. The first kappa shape index (κ1) is 16.9. The highest BCUT2D eigenvalue weighted by Gasteiger charge is 2.29. The number of hydrogen-bond acceptors (Lipinski definition) is 2. The van der Waals surface area contributed by atoms with Crippen LogP contribution in [0.1, 0.15) is 39.2 Å². The summed E-state index contributed by atoms with van der Waals surface area (Å²) in [5.41, 5.74) is 1.12. The molecule has 1 rings (SSSR count). The van der Waals surface area contributed by atoms with Crippen molar-refractivity contribution in [1.29, 1.82) is 0 Å². The van der Waals surface area contributed by atoms with E-state index in [0.717, 1.165) is 25.8 Å². The van der Waals surface area contributed by atoms with E-state index in [1.165, 1.54) is 5.56 Å². The first-order chi connectivity index (χ1) is 9.30. The molecule has 0 bridgehead atoms. The smallest absolute Gasteiger partial charge is 0.142 e. The number of rotatable bonds is 7. The van der Waals surface area contributed by atoms with Crippen molar-refractivity contribution in [2.24, 2.45) is 11.3 Å². The third-order valence-corrected chi connectivity index (χ3v) is 3.56. The van der Waals surface area contributed by atoms with Crippen LogP contribution in [0, 0.1) is 11.3 Å². The minimum absolute atomic E-state index is 0.147. The fourth-order valence-electron chi connectivity index (χ4n) is 2.56. The van der Waals surface area contributed by atoms with Crippen molar-refractivity contribution < 1.29 is 4.79 Å². The van der Waals surface area contributed by atoms with Crippen LogP contribution in [0.3, 0.4) is 0 Å². The van der Waals surface area contributed by atoms with Gasteiger partial charge in [-0.1, -0.05) is 51.1 Å². The first-order valence-corrected chi connectivity index (χ1v) is 7.53. The number of ketones is 1. The highest BCUT2D eigenvalue weighted by Crippen LogP contribution is 2.24. The lowest BCUT2D eigenvalue weighted by atomic mass is 9.80. The molecule has 20 heavy (non-hydrogen) atoms. The summed E-state index contributed by atoms with van der Waals surface area (Å²) in [6, 6.07) is 10.5. The Morgan fingerprint density at radius 1 is 1.15 bits per heavy atom. The van der Waals surface area contributed by atoms with Crippen molar-refractivity contribution in [3.63, 3.8) is 0 Å². The van der Waals surface area contributed by atoms with E-state index < -0.39 is 0 Å². The van der Waals surface area contributed by atoms with Crippen LogP contribution < -0.4 is 0 Å². The van der Waals surface area contributed by atoms with Gasteiger partial charge in [-0.05, 0) is 38.9 Å². The molecule has 0 spiro atoms. The summed E-state index contributed by atoms with van der Waals surface area (Å²) in [4.78, 5) is 14.6. The number of carbonyl (C=O) groups excluding carboxylic acids is 1. The zero-order chi connectivity index (χ0) is 15.2. The Balaban J connectivity index is 2.55. The van der Waals surface area contributed by atoms with Crippen molar-refractivity contribution in [3.8, 4) is 0 Å². The van der Waals surface area contributed by atoms with Crippen LogP contribution in [-0.2, 0) is 11.2 Å². The van der Waals surface area contributed by atoms with Gasteiger partial charge in [0.15, 0.2) is 0 Å². The topological polar surface area (TPSA) is 20.3 Å². The SMILES string of the molecule is CN(C)CC(CCCc1ccccc1)C(=O)C(C)(C)C. The van der Waals surface area contributed by atoms with Gasteiger partial charge in [0, 0.05) is 17.9 Å². The lowest BCUT2D eigenvalue weighted by molar-refractivity contribution is -0.131. The molecule has 0 saturated carbocycles. The third kappa shape index (κ3) is 5.87. The Kier molecular flexibility index (Phi) is 6.41. The molecule has 0 N–H and O–H groups in total. The summed E-state index contributed by atoms with van der Waals surface area (Å²) in [6.07, 6.45) is 3.11. The summed E-state index contributed by atoms with van der Waals surface area (Å²) < 4.78 is 0. The van der Waals surface area contributed by atoms with Crippen molar-refractivity contribution in [3.05, 3.63) is 35.9 Å². The van der Waals surface area contributed by atoms with Gasteiger partial charge in [0.2, 0.25) is 0 Å². The fourth-order valence-corrected chi connectivity index (χ4v) is 2.56. The van der Waals surface area contributed by atoms with Gasteiger partial charge in [-0.2, -0.15) is 0 Å². The molecule has 2 nitrogen and oxygen atoms in total. The van der Waals surface area contributed by atoms with Crippen molar-refractivity contribution in [2.75, 3.05) is 20.6 Å². The highest BCUT2D eigenvalue weighted by atomic mass is 16.1. The molecule has 2 heteroatoms. The number of benzene rings is 1. The molecular formula is C18H29NO. The van der Waals surface area contributed by atoms with Gasteiger partial charge in [-0.3, -0.25) is 4.79 Å². The standard InChI is InChI=1S/C18H29NO/c1-18(2,3)17(20)16(14-19(4)5)13-9-12-15-10-7-6-8-11-15/h6-8,10-11,16H,9,12-14H2,1-5H3. The lowest BCUT2D eigenvalue weighted by Gasteiger charge is -2.27. The highest BCUT2D eigenvalue weighted by molar-refractivity contribution is 5.86. The van der Waals surface area contributed by atoms with Gasteiger partial charge in [0.05, 0.1) is 0 Å².